The summed E-state index contributed by atoms with van der Waals surface area (Å²) in [5.74, 6) is -0.116. The minimum absolute atomic E-state index is 0.0709. The number of carbonyl (C=O) groups is 1. The van der Waals surface area contributed by atoms with Crippen LogP contribution in [0.5, 0.6) is 5.75 Å². The average Bonchev–Trinajstić information content (AvgIpc) is 2.90. The second-order valence-corrected chi connectivity index (χ2v) is 11.2. The van der Waals surface area contributed by atoms with Crippen LogP contribution in [-0.2, 0) is 27.7 Å². The molecule has 0 fully saturated rings. The third kappa shape index (κ3) is 5.68. The highest BCUT2D eigenvalue weighted by molar-refractivity contribution is 7.92. The maximum atomic E-state index is 13.7. The molecular weight excluding hydrogens is 496 g/mol. The van der Waals surface area contributed by atoms with Crippen LogP contribution >= 0.6 is 11.6 Å². The smallest absolute Gasteiger partial charge is 0.264 e. The van der Waals surface area contributed by atoms with Gasteiger partial charge in [0.15, 0.2) is 0 Å². The minimum atomic E-state index is -4.08. The molecule has 4 rings (SSSR count). The van der Waals surface area contributed by atoms with Crippen molar-refractivity contribution in [2.75, 3.05) is 18.0 Å². The number of ether oxygens (including phenoxy) is 1. The van der Waals surface area contributed by atoms with Gasteiger partial charge in [-0.25, -0.2) is 8.42 Å². The molecule has 3 aromatic rings. The number of hydrogen-bond acceptors (Lipinski definition) is 4. The third-order valence-electron chi connectivity index (χ3n) is 6.55. The van der Waals surface area contributed by atoms with E-state index in [2.05, 4.69) is 23.5 Å². The Morgan fingerprint density at radius 2 is 1.75 bits per heavy atom. The number of rotatable bonds is 9. The molecule has 1 amide bonds. The zero-order valence-corrected chi connectivity index (χ0v) is 22.1. The summed E-state index contributed by atoms with van der Waals surface area (Å²) in [5.41, 5.74) is 3.94. The van der Waals surface area contributed by atoms with Crippen LogP contribution in [0.25, 0.3) is 0 Å². The number of amides is 1. The predicted octanol–water partition coefficient (Wildman–Crippen LogP) is 5.69. The second kappa shape index (κ2) is 11.4. The summed E-state index contributed by atoms with van der Waals surface area (Å²) < 4.78 is 33.8. The fourth-order valence-electron chi connectivity index (χ4n) is 4.64. The van der Waals surface area contributed by atoms with Crippen molar-refractivity contribution in [3.63, 3.8) is 0 Å². The number of nitrogens with zero attached hydrogens (tertiary/aromatic N) is 1. The number of methoxy groups -OCH3 is 1. The monoisotopic (exact) mass is 526 g/mol. The number of halogens is 1. The van der Waals surface area contributed by atoms with Crippen molar-refractivity contribution in [3.05, 3.63) is 88.4 Å². The lowest BCUT2D eigenvalue weighted by molar-refractivity contribution is -0.120. The molecule has 1 N–H and O–H groups in total. The summed E-state index contributed by atoms with van der Waals surface area (Å²) in [5, 5.41) is 3.38. The van der Waals surface area contributed by atoms with Gasteiger partial charge in [-0.3, -0.25) is 9.10 Å². The molecule has 36 heavy (non-hydrogen) atoms. The van der Waals surface area contributed by atoms with E-state index in [0.717, 1.165) is 22.7 Å². The third-order valence-corrected chi connectivity index (χ3v) is 8.56. The first-order valence-electron chi connectivity index (χ1n) is 12.2. The lowest BCUT2D eigenvalue weighted by Gasteiger charge is -2.27. The first-order chi connectivity index (χ1) is 17.3. The highest BCUT2D eigenvalue weighted by atomic mass is 35.5. The molecule has 0 saturated carbocycles. The van der Waals surface area contributed by atoms with E-state index in [-0.39, 0.29) is 16.6 Å². The van der Waals surface area contributed by atoms with Gasteiger partial charge in [-0.2, -0.15) is 0 Å². The number of benzene rings is 3. The average molecular weight is 527 g/mol. The van der Waals surface area contributed by atoms with Crippen molar-refractivity contribution in [2.45, 2.75) is 50.0 Å². The summed E-state index contributed by atoms with van der Waals surface area (Å²) in [6.07, 6.45) is 5.19. The SMILES string of the molecule is CC[C@@H](NC(=O)CN(c1cc(Cl)ccc1OC)S(=O)(=O)c1ccccc1)c1ccc2c(c1)CCCC2. The zero-order valence-electron chi connectivity index (χ0n) is 20.5. The van der Waals surface area contributed by atoms with Gasteiger partial charge in [-0.05, 0) is 79.1 Å². The number of carbonyl (C=O) groups excluding carboxylic acids is 1. The Labute approximate surface area is 218 Å². The van der Waals surface area contributed by atoms with Crippen LogP contribution in [0, 0.1) is 0 Å². The molecule has 6 nitrogen and oxygen atoms in total. The maximum absolute atomic E-state index is 13.7. The van der Waals surface area contributed by atoms with Gasteiger partial charge in [0.05, 0.1) is 23.7 Å². The fourth-order valence-corrected chi connectivity index (χ4v) is 6.25. The minimum Gasteiger partial charge on any atom is -0.495 e. The molecule has 8 heteroatoms. The Morgan fingerprint density at radius 1 is 1.03 bits per heavy atom. The molecule has 190 valence electrons. The Hall–Kier alpha value is -3.03. The molecule has 0 unspecified atom stereocenters. The van der Waals surface area contributed by atoms with E-state index in [9.17, 15) is 13.2 Å². The number of fused-ring (bicyclic) bond motifs is 1. The van der Waals surface area contributed by atoms with Gasteiger partial charge in [0.25, 0.3) is 10.0 Å². The molecule has 0 spiro atoms. The van der Waals surface area contributed by atoms with Gasteiger partial charge in [0.2, 0.25) is 5.91 Å². The first-order valence-corrected chi connectivity index (χ1v) is 14.0. The Kier molecular flexibility index (Phi) is 8.21. The second-order valence-electron chi connectivity index (χ2n) is 8.90. The largest absolute Gasteiger partial charge is 0.495 e. The summed E-state index contributed by atoms with van der Waals surface area (Å²) >= 11 is 6.22. The summed E-state index contributed by atoms with van der Waals surface area (Å²) in [6.45, 7) is 1.58. The van der Waals surface area contributed by atoms with Crippen LogP contribution in [-0.4, -0.2) is 28.0 Å². The highest BCUT2D eigenvalue weighted by Crippen LogP contribution is 2.35. The number of anilines is 1. The van der Waals surface area contributed by atoms with Gasteiger partial charge in [-0.1, -0.05) is 54.9 Å². The molecule has 0 bridgehead atoms. The highest BCUT2D eigenvalue weighted by Gasteiger charge is 2.30. The van der Waals surface area contributed by atoms with Crippen molar-refractivity contribution in [1.29, 1.82) is 0 Å². The van der Waals surface area contributed by atoms with Gasteiger partial charge < -0.3 is 10.1 Å². The van der Waals surface area contributed by atoms with Crippen LogP contribution in [0.3, 0.4) is 0 Å². The van der Waals surface area contributed by atoms with Gasteiger partial charge in [-0.15, -0.1) is 0 Å². The van der Waals surface area contributed by atoms with Crippen LogP contribution in [0.2, 0.25) is 5.02 Å². The lowest BCUT2D eigenvalue weighted by atomic mass is 9.89. The van der Waals surface area contributed by atoms with Gasteiger partial charge >= 0.3 is 0 Å². The maximum Gasteiger partial charge on any atom is 0.264 e. The molecule has 0 aliphatic heterocycles. The molecule has 0 aromatic heterocycles. The summed E-state index contributed by atoms with van der Waals surface area (Å²) in [7, 11) is -2.64. The fraction of sp³-hybridized carbons (Fsp3) is 0.321. The van der Waals surface area contributed by atoms with E-state index in [4.69, 9.17) is 16.3 Å². The normalized spacial score (nSPS) is 14.0. The molecule has 0 saturated heterocycles. The topological polar surface area (TPSA) is 75.7 Å². The van der Waals surface area contributed by atoms with E-state index in [1.807, 2.05) is 6.92 Å². The molecule has 0 heterocycles. The van der Waals surface area contributed by atoms with Crippen LogP contribution in [0.15, 0.2) is 71.6 Å². The number of aryl methyl sites for hydroxylation is 2. The Balaban J connectivity index is 1.64. The van der Waals surface area contributed by atoms with Gasteiger partial charge in [0, 0.05) is 5.02 Å². The lowest BCUT2D eigenvalue weighted by Crippen LogP contribution is -2.42. The molecular formula is C28H31ClN2O4S. The van der Waals surface area contributed by atoms with E-state index >= 15 is 0 Å². The number of sulfonamides is 1. The quantitative estimate of drug-likeness (QED) is 0.388. The van der Waals surface area contributed by atoms with E-state index in [0.29, 0.717) is 17.2 Å². The number of hydrogen-bond donors (Lipinski definition) is 1. The van der Waals surface area contributed by atoms with Crippen LogP contribution in [0.1, 0.15) is 48.9 Å². The van der Waals surface area contributed by atoms with Crippen LogP contribution < -0.4 is 14.4 Å². The molecule has 1 aliphatic rings. The van der Waals surface area contributed by atoms with Crippen molar-refractivity contribution < 1.29 is 17.9 Å². The van der Waals surface area contributed by atoms with E-state index in [1.54, 1.807) is 30.3 Å². The van der Waals surface area contributed by atoms with Crippen LogP contribution in [0.4, 0.5) is 5.69 Å². The molecule has 1 atom stereocenters. The molecule has 3 aromatic carbocycles. The predicted molar refractivity (Wildman–Crippen MR) is 143 cm³/mol. The summed E-state index contributed by atoms with van der Waals surface area (Å²) in [6, 6.07) is 18.9. The number of nitrogens with one attached hydrogen (secondary N) is 1. The zero-order chi connectivity index (χ0) is 25.7. The Bertz CT molecular complexity index is 1330. The standard InChI is InChI=1S/C28H31ClN2O4S/c1-3-25(22-14-13-20-9-7-8-10-21(20)17-22)30-28(32)19-31(26-18-23(29)15-16-27(26)35-2)36(33,34)24-11-5-4-6-12-24/h4-6,11-18,25H,3,7-10,19H2,1-2H3,(H,30,32)/t25-/m1/s1. The summed E-state index contributed by atoms with van der Waals surface area (Å²) in [4.78, 5) is 13.4. The van der Waals surface area contributed by atoms with Crippen molar-refractivity contribution in [2.24, 2.45) is 0 Å². The van der Waals surface area contributed by atoms with E-state index in [1.165, 1.54) is 49.3 Å². The first kappa shape index (κ1) is 26.0. The van der Waals surface area contributed by atoms with E-state index < -0.39 is 22.5 Å². The van der Waals surface area contributed by atoms with Crippen molar-refractivity contribution >= 4 is 33.2 Å². The molecule has 1 aliphatic carbocycles. The van der Waals surface area contributed by atoms with Crippen molar-refractivity contribution in [3.8, 4) is 5.75 Å². The Morgan fingerprint density at radius 3 is 2.44 bits per heavy atom. The van der Waals surface area contributed by atoms with Gasteiger partial charge in [0.1, 0.15) is 12.3 Å². The van der Waals surface area contributed by atoms with Crippen molar-refractivity contribution in [1.82, 2.24) is 5.32 Å². The molecule has 0 radical (unpaired) electrons.